The van der Waals surface area contributed by atoms with E-state index in [2.05, 4.69) is 4.98 Å². The molecule has 0 unspecified atom stereocenters. The van der Waals surface area contributed by atoms with Crippen LogP contribution in [0.2, 0.25) is 0 Å². The summed E-state index contributed by atoms with van der Waals surface area (Å²) in [6, 6.07) is 18.2. The van der Waals surface area contributed by atoms with E-state index in [0.717, 1.165) is 10.9 Å². The minimum atomic E-state index is 0.217. The molecule has 0 aliphatic rings. The van der Waals surface area contributed by atoms with Gasteiger partial charge in [0.1, 0.15) is 11.5 Å². The zero-order valence-electron chi connectivity index (χ0n) is 9.58. The van der Waals surface area contributed by atoms with Crippen LogP contribution >= 0.6 is 0 Å². The summed E-state index contributed by atoms with van der Waals surface area (Å²) in [6.07, 6.45) is 0. The number of aromatic hydroxyl groups is 1. The van der Waals surface area contributed by atoms with Crippen LogP contribution in [0.25, 0.3) is 10.9 Å². The van der Waals surface area contributed by atoms with Crippen LogP contribution in [0.1, 0.15) is 0 Å². The maximum Gasteiger partial charge on any atom is 0.219 e. The van der Waals surface area contributed by atoms with Crippen LogP contribution in [-0.4, -0.2) is 10.1 Å². The highest BCUT2D eigenvalue weighted by Gasteiger charge is 2.00. The lowest BCUT2D eigenvalue weighted by Gasteiger charge is -2.05. The van der Waals surface area contributed by atoms with Crippen molar-refractivity contribution < 1.29 is 9.84 Å². The molecule has 0 aliphatic carbocycles. The summed E-state index contributed by atoms with van der Waals surface area (Å²) >= 11 is 0. The van der Waals surface area contributed by atoms with E-state index < -0.39 is 0 Å². The highest BCUT2D eigenvalue weighted by molar-refractivity contribution is 5.78. The van der Waals surface area contributed by atoms with E-state index in [1.54, 1.807) is 24.3 Å². The Morgan fingerprint density at radius 2 is 1.61 bits per heavy atom. The monoisotopic (exact) mass is 237 g/mol. The fraction of sp³-hybridized carbons (Fsp3) is 0. The van der Waals surface area contributed by atoms with Gasteiger partial charge in [0.15, 0.2) is 0 Å². The second-order valence-electron chi connectivity index (χ2n) is 3.94. The van der Waals surface area contributed by atoms with Crippen molar-refractivity contribution in [3.05, 3.63) is 60.7 Å². The summed E-state index contributed by atoms with van der Waals surface area (Å²) in [5, 5.41) is 10.3. The van der Waals surface area contributed by atoms with Gasteiger partial charge in [-0.3, -0.25) is 0 Å². The van der Waals surface area contributed by atoms with Gasteiger partial charge in [-0.05, 0) is 36.4 Å². The first kappa shape index (κ1) is 10.6. The lowest BCUT2D eigenvalue weighted by molar-refractivity contribution is 0.455. The topological polar surface area (TPSA) is 42.4 Å². The van der Waals surface area contributed by atoms with E-state index in [0.29, 0.717) is 11.6 Å². The van der Waals surface area contributed by atoms with Crippen LogP contribution in [0.3, 0.4) is 0 Å². The van der Waals surface area contributed by atoms with E-state index >= 15 is 0 Å². The number of phenolic OH excluding ortho intramolecular Hbond substituents is 1. The highest BCUT2D eigenvalue weighted by Crippen LogP contribution is 2.23. The number of benzene rings is 2. The first-order chi connectivity index (χ1) is 8.81. The molecule has 0 saturated heterocycles. The van der Waals surface area contributed by atoms with Crippen LogP contribution in [0.15, 0.2) is 60.7 Å². The first-order valence-corrected chi connectivity index (χ1v) is 5.64. The molecule has 2 aromatic carbocycles. The standard InChI is InChI=1S/C15H11NO2/c17-12-6-8-13(9-7-12)18-15-10-5-11-3-1-2-4-14(11)16-15/h1-10,17H. The van der Waals surface area contributed by atoms with Gasteiger partial charge in [0.25, 0.3) is 0 Å². The van der Waals surface area contributed by atoms with Crippen molar-refractivity contribution in [2.24, 2.45) is 0 Å². The van der Waals surface area contributed by atoms with Gasteiger partial charge in [0.2, 0.25) is 5.88 Å². The summed E-state index contributed by atoms with van der Waals surface area (Å²) in [5.41, 5.74) is 0.897. The summed E-state index contributed by atoms with van der Waals surface area (Å²) in [5.74, 6) is 1.41. The largest absolute Gasteiger partial charge is 0.508 e. The van der Waals surface area contributed by atoms with E-state index in [1.807, 2.05) is 36.4 Å². The van der Waals surface area contributed by atoms with Gasteiger partial charge in [0, 0.05) is 11.5 Å². The van der Waals surface area contributed by atoms with Crippen molar-refractivity contribution in [2.75, 3.05) is 0 Å². The third kappa shape index (κ3) is 2.11. The van der Waals surface area contributed by atoms with Crippen LogP contribution < -0.4 is 4.74 Å². The van der Waals surface area contributed by atoms with Crippen molar-refractivity contribution in [3.8, 4) is 17.4 Å². The number of hydrogen-bond donors (Lipinski definition) is 1. The number of rotatable bonds is 2. The maximum atomic E-state index is 9.19. The number of fused-ring (bicyclic) bond motifs is 1. The number of ether oxygens (including phenoxy) is 1. The van der Waals surface area contributed by atoms with Crippen molar-refractivity contribution in [1.29, 1.82) is 0 Å². The van der Waals surface area contributed by atoms with E-state index in [9.17, 15) is 5.11 Å². The second-order valence-corrected chi connectivity index (χ2v) is 3.94. The molecule has 0 amide bonds. The SMILES string of the molecule is Oc1ccc(Oc2ccc3ccccc3n2)cc1. The fourth-order valence-electron chi connectivity index (χ4n) is 1.74. The molecule has 3 nitrogen and oxygen atoms in total. The van der Waals surface area contributed by atoms with Gasteiger partial charge >= 0.3 is 0 Å². The summed E-state index contributed by atoms with van der Waals surface area (Å²) in [4.78, 5) is 4.41. The molecule has 1 N–H and O–H groups in total. The van der Waals surface area contributed by atoms with Crippen molar-refractivity contribution in [2.45, 2.75) is 0 Å². The molecule has 3 heteroatoms. The third-order valence-electron chi connectivity index (χ3n) is 2.63. The van der Waals surface area contributed by atoms with E-state index in [4.69, 9.17) is 4.74 Å². The summed E-state index contributed by atoms with van der Waals surface area (Å²) in [7, 11) is 0. The number of phenols is 1. The second kappa shape index (κ2) is 4.37. The molecule has 88 valence electrons. The Kier molecular flexibility index (Phi) is 2.57. The number of hydrogen-bond acceptors (Lipinski definition) is 3. The van der Waals surface area contributed by atoms with Gasteiger partial charge in [0.05, 0.1) is 5.52 Å². The Bertz CT molecular complexity index is 677. The average Bonchev–Trinajstić information content (AvgIpc) is 2.41. The number of nitrogens with zero attached hydrogens (tertiary/aromatic N) is 1. The number of aromatic nitrogens is 1. The molecule has 0 spiro atoms. The molecule has 0 fully saturated rings. The van der Waals surface area contributed by atoms with Gasteiger partial charge < -0.3 is 9.84 Å². The molecule has 0 aliphatic heterocycles. The molecule has 3 rings (SSSR count). The lowest BCUT2D eigenvalue weighted by Crippen LogP contribution is -1.88. The fourth-order valence-corrected chi connectivity index (χ4v) is 1.74. The Hall–Kier alpha value is -2.55. The molecule has 0 radical (unpaired) electrons. The molecule has 18 heavy (non-hydrogen) atoms. The Morgan fingerprint density at radius 1 is 0.833 bits per heavy atom. The third-order valence-corrected chi connectivity index (χ3v) is 2.63. The summed E-state index contributed by atoms with van der Waals surface area (Å²) in [6.45, 7) is 0. The summed E-state index contributed by atoms with van der Waals surface area (Å²) < 4.78 is 5.62. The number of pyridine rings is 1. The molecule has 0 bridgehead atoms. The highest BCUT2D eigenvalue weighted by atomic mass is 16.5. The molecule has 0 atom stereocenters. The Morgan fingerprint density at radius 3 is 2.44 bits per heavy atom. The maximum absolute atomic E-state index is 9.19. The van der Waals surface area contributed by atoms with Gasteiger partial charge in [-0.2, -0.15) is 0 Å². The van der Waals surface area contributed by atoms with Gasteiger partial charge in [-0.25, -0.2) is 4.98 Å². The van der Waals surface area contributed by atoms with Gasteiger partial charge in [-0.1, -0.05) is 18.2 Å². The Labute approximate surface area is 104 Å². The zero-order chi connectivity index (χ0) is 12.4. The number of para-hydroxylation sites is 1. The zero-order valence-corrected chi connectivity index (χ0v) is 9.58. The normalized spacial score (nSPS) is 10.4. The van der Waals surface area contributed by atoms with Crippen LogP contribution in [-0.2, 0) is 0 Å². The molecule has 1 heterocycles. The van der Waals surface area contributed by atoms with Crippen molar-refractivity contribution in [1.82, 2.24) is 4.98 Å². The average molecular weight is 237 g/mol. The van der Waals surface area contributed by atoms with Crippen LogP contribution in [0.5, 0.6) is 17.4 Å². The van der Waals surface area contributed by atoms with Crippen molar-refractivity contribution in [3.63, 3.8) is 0 Å². The first-order valence-electron chi connectivity index (χ1n) is 5.64. The quantitative estimate of drug-likeness (QED) is 0.738. The van der Waals surface area contributed by atoms with E-state index in [1.165, 1.54) is 0 Å². The predicted octanol–water partition coefficient (Wildman–Crippen LogP) is 3.73. The molecular weight excluding hydrogens is 226 g/mol. The van der Waals surface area contributed by atoms with Crippen molar-refractivity contribution >= 4 is 10.9 Å². The minimum Gasteiger partial charge on any atom is -0.508 e. The van der Waals surface area contributed by atoms with Crippen LogP contribution in [0.4, 0.5) is 0 Å². The molecule has 0 saturated carbocycles. The predicted molar refractivity (Wildman–Crippen MR) is 69.9 cm³/mol. The van der Waals surface area contributed by atoms with Crippen LogP contribution in [0, 0.1) is 0 Å². The Balaban J connectivity index is 1.92. The lowest BCUT2D eigenvalue weighted by atomic mass is 10.2. The smallest absolute Gasteiger partial charge is 0.219 e. The molecule has 3 aromatic rings. The molecular formula is C15H11NO2. The minimum absolute atomic E-state index is 0.217. The molecule has 1 aromatic heterocycles. The van der Waals surface area contributed by atoms with Gasteiger partial charge in [-0.15, -0.1) is 0 Å². The van der Waals surface area contributed by atoms with E-state index in [-0.39, 0.29) is 5.75 Å².